The van der Waals surface area contributed by atoms with E-state index in [2.05, 4.69) is 9.88 Å². The SMILES string of the molecule is CC1CN(c2ccc([N+](=O)[O-])c3ncccc23)CCN1C(=O)c1ccc(Cl)cc1. The van der Waals surface area contributed by atoms with Gasteiger partial charge < -0.3 is 9.80 Å². The quantitative estimate of drug-likeness (QED) is 0.478. The van der Waals surface area contributed by atoms with Crippen molar-refractivity contribution < 1.29 is 9.72 Å². The van der Waals surface area contributed by atoms with Gasteiger partial charge in [-0.3, -0.25) is 14.9 Å². The summed E-state index contributed by atoms with van der Waals surface area (Å²) in [6.07, 6.45) is 1.56. The zero-order valence-corrected chi connectivity index (χ0v) is 16.5. The number of rotatable bonds is 3. The number of pyridine rings is 1. The fourth-order valence-electron chi connectivity index (χ4n) is 3.80. The Bertz CT molecular complexity index is 1090. The number of nitro groups is 1. The number of piperazine rings is 1. The first kappa shape index (κ1) is 19.1. The molecule has 4 rings (SSSR count). The van der Waals surface area contributed by atoms with Crippen LogP contribution in [0.15, 0.2) is 54.7 Å². The second-order valence-electron chi connectivity index (χ2n) is 7.06. The van der Waals surface area contributed by atoms with E-state index in [1.807, 2.05) is 17.9 Å². The molecule has 0 radical (unpaired) electrons. The minimum absolute atomic E-state index is 0.00560. The summed E-state index contributed by atoms with van der Waals surface area (Å²) in [5.41, 5.74) is 1.88. The van der Waals surface area contributed by atoms with Gasteiger partial charge in [0.25, 0.3) is 11.6 Å². The third-order valence-electron chi connectivity index (χ3n) is 5.24. The van der Waals surface area contributed by atoms with Crippen molar-refractivity contribution in [3.63, 3.8) is 0 Å². The first-order valence-electron chi connectivity index (χ1n) is 9.29. The molecule has 29 heavy (non-hydrogen) atoms. The molecule has 7 nitrogen and oxygen atoms in total. The van der Waals surface area contributed by atoms with Gasteiger partial charge in [0.15, 0.2) is 0 Å². The van der Waals surface area contributed by atoms with Gasteiger partial charge in [0.2, 0.25) is 0 Å². The van der Waals surface area contributed by atoms with Gasteiger partial charge in [-0.05, 0) is 49.4 Å². The normalized spacial score (nSPS) is 16.8. The van der Waals surface area contributed by atoms with Crippen LogP contribution >= 0.6 is 11.6 Å². The molecule has 2 aromatic carbocycles. The van der Waals surface area contributed by atoms with Gasteiger partial charge in [0, 0.05) is 59.6 Å². The standard InChI is InChI=1S/C21H19ClN4O3/c1-14-13-24(11-12-25(14)21(27)15-4-6-16(22)7-5-15)18-8-9-19(26(28)29)20-17(18)3-2-10-23-20/h2-10,14H,11-13H2,1H3. The molecule has 3 aromatic rings. The number of non-ortho nitro benzene ring substituents is 1. The molecule has 1 aliphatic rings. The van der Waals surface area contributed by atoms with Gasteiger partial charge in [-0.2, -0.15) is 0 Å². The number of hydrogen-bond donors (Lipinski definition) is 0. The molecule has 1 saturated heterocycles. The number of aromatic nitrogens is 1. The molecule has 0 spiro atoms. The van der Waals surface area contributed by atoms with Crippen LogP contribution in [0.1, 0.15) is 17.3 Å². The van der Waals surface area contributed by atoms with Gasteiger partial charge in [0.1, 0.15) is 5.52 Å². The largest absolute Gasteiger partial charge is 0.367 e. The summed E-state index contributed by atoms with van der Waals surface area (Å²) in [5.74, 6) is -0.0240. The maximum Gasteiger partial charge on any atom is 0.295 e. The van der Waals surface area contributed by atoms with Crippen LogP contribution in [-0.4, -0.2) is 46.4 Å². The Morgan fingerprint density at radius 2 is 1.93 bits per heavy atom. The van der Waals surface area contributed by atoms with Crippen molar-refractivity contribution in [3.05, 3.63) is 75.4 Å². The Kier molecular flexibility index (Phi) is 5.07. The minimum Gasteiger partial charge on any atom is -0.367 e. The van der Waals surface area contributed by atoms with Gasteiger partial charge >= 0.3 is 0 Å². The van der Waals surface area contributed by atoms with Crippen molar-refractivity contribution in [3.8, 4) is 0 Å². The van der Waals surface area contributed by atoms with E-state index in [1.165, 1.54) is 6.07 Å². The van der Waals surface area contributed by atoms with Crippen molar-refractivity contribution in [1.82, 2.24) is 9.88 Å². The third-order valence-corrected chi connectivity index (χ3v) is 5.49. The van der Waals surface area contributed by atoms with Crippen LogP contribution in [0.4, 0.5) is 11.4 Å². The fourth-order valence-corrected chi connectivity index (χ4v) is 3.93. The van der Waals surface area contributed by atoms with Crippen LogP contribution < -0.4 is 4.90 Å². The first-order chi connectivity index (χ1) is 14.0. The smallest absolute Gasteiger partial charge is 0.295 e. The van der Waals surface area contributed by atoms with Gasteiger partial charge in [-0.25, -0.2) is 4.98 Å². The van der Waals surface area contributed by atoms with Crippen LogP contribution in [0.5, 0.6) is 0 Å². The Morgan fingerprint density at radius 1 is 1.17 bits per heavy atom. The first-order valence-corrected chi connectivity index (χ1v) is 9.67. The molecule has 1 aromatic heterocycles. The number of anilines is 1. The molecule has 0 aliphatic carbocycles. The number of carbonyl (C=O) groups excluding carboxylic acids is 1. The van der Waals surface area contributed by atoms with Crippen LogP contribution in [0.2, 0.25) is 5.02 Å². The lowest BCUT2D eigenvalue weighted by Crippen LogP contribution is -2.54. The Balaban J connectivity index is 1.59. The molecule has 148 valence electrons. The number of fused-ring (bicyclic) bond motifs is 1. The van der Waals surface area contributed by atoms with E-state index in [4.69, 9.17) is 11.6 Å². The maximum absolute atomic E-state index is 12.9. The predicted molar refractivity (Wildman–Crippen MR) is 113 cm³/mol. The Morgan fingerprint density at radius 3 is 2.62 bits per heavy atom. The van der Waals surface area contributed by atoms with Gasteiger partial charge in [-0.15, -0.1) is 0 Å². The topological polar surface area (TPSA) is 79.6 Å². The van der Waals surface area contributed by atoms with Crippen LogP contribution in [-0.2, 0) is 0 Å². The fraction of sp³-hybridized carbons (Fsp3) is 0.238. The Hall–Kier alpha value is -3.19. The molecular formula is C21H19ClN4O3. The second kappa shape index (κ2) is 7.67. The summed E-state index contributed by atoms with van der Waals surface area (Å²) in [6, 6.07) is 13.8. The number of benzene rings is 2. The van der Waals surface area contributed by atoms with Crippen molar-refractivity contribution >= 4 is 39.8 Å². The molecule has 1 fully saturated rings. The Labute approximate surface area is 172 Å². The van der Waals surface area contributed by atoms with Gasteiger partial charge in [-0.1, -0.05) is 11.6 Å². The van der Waals surface area contributed by atoms with E-state index in [0.717, 1.165) is 11.1 Å². The van der Waals surface area contributed by atoms with E-state index < -0.39 is 4.92 Å². The summed E-state index contributed by atoms with van der Waals surface area (Å²) < 4.78 is 0. The number of carbonyl (C=O) groups is 1. The molecule has 1 atom stereocenters. The van der Waals surface area contributed by atoms with Crippen molar-refractivity contribution in [2.45, 2.75) is 13.0 Å². The molecular weight excluding hydrogens is 392 g/mol. The summed E-state index contributed by atoms with van der Waals surface area (Å²) in [6.45, 7) is 3.82. The molecule has 0 bridgehead atoms. The molecule has 1 unspecified atom stereocenters. The zero-order chi connectivity index (χ0) is 20.5. The number of nitrogens with zero attached hydrogens (tertiary/aromatic N) is 4. The van der Waals surface area contributed by atoms with E-state index in [-0.39, 0.29) is 17.6 Å². The van der Waals surface area contributed by atoms with Crippen LogP contribution in [0.25, 0.3) is 10.9 Å². The summed E-state index contributed by atoms with van der Waals surface area (Å²) in [7, 11) is 0. The minimum atomic E-state index is -0.412. The molecule has 1 aliphatic heterocycles. The number of hydrogen-bond acceptors (Lipinski definition) is 5. The molecule has 0 saturated carbocycles. The molecule has 0 N–H and O–H groups in total. The number of halogens is 1. The summed E-state index contributed by atoms with van der Waals surface area (Å²) in [4.78, 5) is 32.0. The zero-order valence-electron chi connectivity index (χ0n) is 15.8. The molecule has 2 heterocycles. The predicted octanol–water partition coefficient (Wildman–Crippen LogP) is 4.15. The summed E-state index contributed by atoms with van der Waals surface area (Å²) >= 11 is 5.92. The lowest BCUT2D eigenvalue weighted by atomic mass is 10.1. The van der Waals surface area contributed by atoms with E-state index >= 15 is 0 Å². The number of nitro benzene ring substituents is 1. The van der Waals surface area contributed by atoms with Crippen molar-refractivity contribution in [1.29, 1.82) is 0 Å². The number of amides is 1. The van der Waals surface area contributed by atoms with E-state index in [1.54, 1.807) is 42.6 Å². The summed E-state index contributed by atoms with van der Waals surface area (Å²) in [5, 5.41) is 12.7. The van der Waals surface area contributed by atoms with Crippen LogP contribution in [0.3, 0.4) is 0 Å². The highest BCUT2D eigenvalue weighted by Gasteiger charge is 2.29. The average molecular weight is 411 g/mol. The lowest BCUT2D eigenvalue weighted by Gasteiger charge is -2.41. The van der Waals surface area contributed by atoms with E-state index in [9.17, 15) is 14.9 Å². The molecule has 8 heteroatoms. The highest BCUT2D eigenvalue weighted by atomic mass is 35.5. The lowest BCUT2D eigenvalue weighted by molar-refractivity contribution is -0.383. The second-order valence-corrected chi connectivity index (χ2v) is 7.50. The monoisotopic (exact) mass is 410 g/mol. The van der Waals surface area contributed by atoms with Crippen molar-refractivity contribution in [2.24, 2.45) is 0 Å². The molecule has 1 amide bonds. The average Bonchev–Trinajstić information content (AvgIpc) is 2.73. The van der Waals surface area contributed by atoms with Gasteiger partial charge in [0.05, 0.1) is 4.92 Å². The highest BCUT2D eigenvalue weighted by molar-refractivity contribution is 6.30. The third kappa shape index (κ3) is 3.61. The maximum atomic E-state index is 12.9. The van der Waals surface area contributed by atoms with E-state index in [0.29, 0.717) is 35.7 Å². The highest BCUT2D eigenvalue weighted by Crippen LogP contribution is 2.33. The van der Waals surface area contributed by atoms with Crippen LogP contribution in [0, 0.1) is 10.1 Å². The van der Waals surface area contributed by atoms with Crippen molar-refractivity contribution in [2.75, 3.05) is 24.5 Å².